The zero-order valence-corrected chi connectivity index (χ0v) is 20.8. The van der Waals surface area contributed by atoms with Crippen LogP contribution in [0.2, 0.25) is 5.02 Å². The Morgan fingerprint density at radius 3 is 2.59 bits per heavy atom. The number of anilines is 2. The molecule has 0 bridgehead atoms. The molecule has 0 spiro atoms. The van der Waals surface area contributed by atoms with Crippen LogP contribution in [0.15, 0.2) is 70.7 Å². The fourth-order valence-electron chi connectivity index (χ4n) is 3.12. The molecule has 2 amide bonds. The first-order valence-electron chi connectivity index (χ1n) is 10.2. The number of halogens is 2. The van der Waals surface area contributed by atoms with Crippen LogP contribution in [-0.4, -0.2) is 18.4 Å². The Hall–Kier alpha value is -3.60. The zero-order valence-electron chi connectivity index (χ0n) is 18.5. The van der Waals surface area contributed by atoms with Crippen molar-refractivity contribution in [3.05, 3.63) is 92.4 Å². The third-order valence-corrected chi connectivity index (χ3v) is 5.46. The van der Waals surface area contributed by atoms with Crippen molar-refractivity contribution < 1.29 is 14.3 Å². The van der Waals surface area contributed by atoms with E-state index in [9.17, 15) is 14.9 Å². The van der Waals surface area contributed by atoms with E-state index >= 15 is 0 Å². The SMILES string of the molecule is Cc1ccc(NC(=O)COc2ccc(Br)cc2/C=C(/C#N)C(=O)Nc2cccc(Cl)c2)c(C)c1. The molecule has 0 aliphatic carbocycles. The quantitative estimate of drug-likeness (QED) is 0.273. The van der Waals surface area contributed by atoms with Gasteiger partial charge in [0.1, 0.15) is 17.4 Å². The molecular weight excluding hydrogens is 518 g/mol. The van der Waals surface area contributed by atoms with E-state index in [1.165, 1.54) is 6.08 Å². The highest BCUT2D eigenvalue weighted by atomic mass is 79.9. The van der Waals surface area contributed by atoms with Gasteiger partial charge < -0.3 is 15.4 Å². The van der Waals surface area contributed by atoms with Crippen LogP contribution in [0.1, 0.15) is 16.7 Å². The van der Waals surface area contributed by atoms with E-state index in [0.717, 1.165) is 15.6 Å². The molecule has 0 saturated carbocycles. The Labute approximate surface area is 211 Å². The van der Waals surface area contributed by atoms with Crippen LogP contribution in [0.4, 0.5) is 11.4 Å². The summed E-state index contributed by atoms with van der Waals surface area (Å²) < 4.78 is 6.43. The average Bonchev–Trinajstić information content (AvgIpc) is 2.78. The molecule has 0 aromatic heterocycles. The minimum absolute atomic E-state index is 0.136. The van der Waals surface area contributed by atoms with Gasteiger partial charge in [0, 0.05) is 26.4 Å². The van der Waals surface area contributed by atoms with E-state index in [4.69, 9.17) is 16.3 Å². The van der Waals surface area contributed by atoms with Crippen LogP contribution in [0.5, 0.6) is 5.75 Å². The number of nitrogens with one attached hydrogen (secondary N) is 2. The number of carbonyl (C=O) groups excluding carboxylic acids is 2. The topological polar surface area (TPSA) is 91.2 Å². The van der Waals surface area contributed by atoms with Gasteiger partial charge in [0.05, 0.1) is 0 Å². The maximum absolute atomic E-state index is 12.6. The second-order valence-corrected chi connectivity index (χ2v) is 8.82. The van der Waals surface area contributed by atoms with Gasteiger partial charge in [0.2, 0.25) is 0 Å². The molecule has 34 heavy (non-hydrogen) atoms. The number of ether oxygens (including phenoxy) is 1. The Morgan fingerprint density at radius 1 is 1.09 bits per heavy atom. The maximum atomic E-state index is 12.6. The predicted molar refractivity (Wildman–Crippen MR) is 138 cm³/mol. The van der Waals surface area contributed by atoms with Crippen LogP contribution >= 0.6 is 27.5 Å². The van der Waals surface area contributed by atoms with Gasteiger partial charge in [0.15, 0.2) is 6.61 Å². The van der Waals surface area contributed by atoms with E-state index in [1.807, 2.05) is 38.1 Å². The smallest absolute Gasteiger partial charge is 0.266 e. The lowest BCUT2D eigenvalue weighted by molar-refractivity contribution is -0.118. The highest BCUT2D eigenvalue weighted by Gasteiger charge is 2.13. The predicted octanol–water partition coefficient (Wildman–Crippen LogP) is 6.28. The normalized spacial score (nSPS) is 10.9. The van der Waals surface area contributed by atoms with Crippen LogP contribution in [-0.2, 0) is 9.59 Å². The Kier molecular flexibility index (Phi) is 8.47. The van der Waals surface area contributed by atoms with Crippen molar-refractivity contribution in [2.24, 2.45) is 0 Å². The molecule has 0 aliphatic rings. The lowest BCUT2D eigenvalue weighted by atomic mass is 10.1. The number of carbonyl (C=O) groups is 2. The first-order valence-corrected chi connectivity index (χ1v) is 11.4. The molecule has 0 fully saturated rings. The fourth-order valence-corrected chi connectivity index (χ4v) is 3.68. The molecule has 6 nitrogen and oxygen atoms in total. The second-order valence-electron chi connectivity index (χ2n) is 7.47. The molecular formula is C26H21BrClN3O3. The molecule has 0 unspecified atom stereocenters. The maximum Gasteiger partial charge on any atom is 0.266 e. The van der Waals surface area contributed by atoms with E-state index in [0.29, 0.717) is 27.7 Å². The van der Waals surface area contributed by atoms with E-state index < -0.39 is 5.91 Å². The zero-order chi connectivity index (χ0) is 24.7. The molecule has 3 aromatic carbocycles. The number of amides is 2. The Balaban J connectivity index is 1.75. The van der Waals surface area contributed by atoms with Crippen LogP contribution in [0, 0.1) is 25.2 Å². The number of aryl methyl sites for hydroxylation is 2. The van der Waals surface area contributed by atoms with Gasteiger partial charge in [-0.15, -0.1) is 0 Å². The number of nitriles is 1. The monoisotopic (exact) mass is 537 g/mol. The molecule has 172 valence electrons. The van der Waals surface area contributed by atoms with Gasteiger partial charge in [-0.2, -0.15) is 5.26 Å². The Morgan fingerprint density at radius 2 is 1.88 bits per heavy atom. The van der Waals surface area contributed by atoms with Gasteiger partial charge in [-0.1, -0.05) is 51.3 Å². The number of benzene rings is 3. The Bertz CT molecular complexity index is 1310. The molecule has 0 saturated heterocycles. The summed E-state index contributed by atoms with van der Waals surface area (Å²) in [5.41, 5.74) is 3.55. The van der Waals surface area contributed by atoms with Gasteiger partial charge in [-0.25, -0.2) is 0 Å². The molecule has 8 heteroatoms. The average molecular weight is 539 g/mol. The molecule has 0 aliphatic heterocycles. The van der Waals surface area contributed by atoms with E-state index in [1.54, 1.807) is 42.5 Å². The largest absolute Gasteiger partial charge is 0.483 e. The molecule has 2 N–H and O–H groups in total. The summed E-state index contributed by atoms with van der Waals surface area (Å²) in [7, 11) is 0. The van der Waals surface area contributed by atoms with Gasteiger partial charge in [0.25, 0.3) is 11.8 Å². The third kappa shape index (κ3) is 6.95. The lowest BCUT2D eigenvalue weighted by Gasteiger charge is -2.12. The lowest BCUT2D eigenvalue weighted by Crippen LogP contribution is -2.21. The molecule has 0 radical (unpaired) electrons. The van der Waals surface area contributed by atoms with Gasteiger partial charge >= 0.3 is 0 Å². The second kappa shape index (κ2) is 11.5. The first-order chi connectivity index (χ1) is 16.2. The molecule has 3 rings (SSSR count). The van der Waals surface area contributed by atoms with Crippen molar-refractivity contribution in [2.75, 3.05) is 17.2 Å². The van der Waals surface area contributed by atoms with E-state index in [2.05, 4.69) is 26.6 Å². The number of hydrogen-bond donors (Lipinski definition) is 2. The van der Waals surface area contributed by atoms with Gasteiger partial charge in [-0.05, 0) is 68.0 Å². The summed E-state index contributed by atoms with van der Waals surface area (Å²) in [6.07, 6.45) is 1.40. The summed E-state index contributed by atoms with van der Waals surface area (Å²) in [5, 5.41) is 15.5. The fraction of sp³-hybridized carbons (Fsp3) is 0.115. The molecule has 0 atom stereocenters. The molecule has 0 heterocycles. The first kappa shape index (κ1) is 25.0. The van der Waals surface area contributed by atoms with Crippen molar-refractivity contribution >= 4 is 56.8 Å². The minimum atomic E-state index is -0.594. The summed E-state index contributed by atoms with van der Waals surface area (Å²) >= 11 is 9.33. The van der Waals surface area contributed by atoms with Crippen LogP contribution in [0.3, 0.4) is 0 Å². The van der Waals surface area contributed by atoms with Crippen molar-refractivity contribution in [1.82, 2.24) is 0 Å². The van der Waals surface area contributed by atoms with Gasteiger partial charge in [-0.3, -0.25) is 9.59 Å². The summed E-state index contributed by atoms with van der Waals surface area (Å²) in [4.78, 5) is 25.0. The van der Waals surface area contributed by atoms with Crippen LogP contribution < -0.4 is 15.4 Å². The van der Waals surface area contributed by atoms with Crippen molar-refractivity contribution in [3.63, 3.8) is 0 Å². The van der Waals surface area contributed by atoms with Crippen molar-refractivity contribution in [3.8, 4) is 11.8 Å². The molecule has 3 aromatic rings. The number of nitrogens with zero attached hydrogens (tertiary/aromatic N) is 1. The van der Waals surface area contributed by atoms with E-state index in [-0.39, 0.29) is 18.1 Å². The number of hydrogen-bond acceptors (Lipinski definition) is 4. The standard InChI is InChI=1S/C26H21BrClN3O3/c1-16-6-8-23(17(2)10-16)31-25(32)15-34-24-9-7-20(27)12-18(24)11-19(14-29)26(33)30-22-5-3-4-21(28)13-22/h3-13H,15H2,1-2H3,(H,30,33)(H,31,32)/b19-11-. The summed E-state index contributed by atoms with van der Waals surface area (Å²) in [5.74, 6) is -0.574. The number of rotatable bonds is 7. The summed E-state index contributed by atoms with van der Waals surface area (Å²) in [6.45, 7) is 3.65. The third-order valence-electron chi connectivity index (χ3n) is 4.73. The minimum Gasteiger partial charge on any atom is -0.483 e. The van der Waals surface area contributed by atoms with Crippen molar-refractivity contribution in [1.29, 1.82) is 5.26 Å². The van der Waals surface area contributed by atoms with Crippen molar-refractivity contribution in [2.45, 2.75) is 13.8 Å². The highest BCUT2D eigenvalue weighted by molar-refractivity contribution is 9.10. The van der Waals surface area contributed by atoms with Crippen LogP contribution in [0.25, 0.3) is 6.08 Å². The summed E-state index contributed by atoms with van der Waals surface area (Å²) in [6, 6.07) is 19.4. The highest BCUT2D eigenvalue weighted by Crippen LogP contribution is 2.26.